The quantitative estimate of drug-likeness (QED) is 0.726. The van der Waals surface area contributed by atoms with Crippen molar-refractivity contribution in [1.82, 2.24) is 0 Å². The zero-order valence-electron chi connectivity index (χ0n) is 12.0. The average Bonchev–Trinajstić information content (AvgIpc) is 2.46. The van der Waals surface area contributed by atoms with Crippen molar-refractivity contribution in [2.24, 2.45) is 0 Å². The highest BCUT2D eigenvalue weighted by atomic mass is 79.9. The first-order chi connectivity index (χ1) is 10.4. The second-order valence-electron chi connectivity index (χ2n) is 5.25. The first-order valence-electron chi connectivity index (χ1n) is 6.70. The van der Waals surface area contributed by atoms with Gasteiger partial charge in [0.25, 0.3) is 0 Å². The number of aryl methyl sites for hydroxylation is 1. The number of aliphatic hydroxyl groups is 1. The number of hydrogen-bond acceptors (Lipinski definition) is 2. The Labute approximate surface area is 145 Å². The van der Waals surface area contributed by atoms with Crippen LogP contribution in [0, 0.1) is 6.92 Å². The Kier molecular flexibility index (Phi) is 4.01. The lowest BCUT2D eigenvalue weighted by molar-refractivity contribution is 0.167. The van der Waals surface area contributed by atoms with Crippen LogP contribution in [0.25, 0.3) is 0 Å². The van der Waals surface area contributed by atoms with Crippen LogP contribution in [0.15, 0.2) is 45.3 Å². The highest BCUT2D eigenvalue weighted by molar-refractivity contribution is 9.11. The molecule has 2 amide bonds. The van der Waals surface area contributed by atoms with Gasteiger partial charge in [-0.25, -0.2) is 4.79 Å². The SMILES string of the molecule is Cc1ccc(N2C(=O)N(C)c3c(Br)cc(Br)cc3C2O)cc1. The number of halogens is 2. The molecule has 114 valence electrons. The average molecular weight is 426 g/mol. The summed E-state index contributed by atoms with van der Waals surface area (Å²) in [5.41, 5.74) is 3.12. The van der Waals surface area contributed by atoms with E-state index >= 15 is 0 Å². The second-order valence-corrected chi connectivity index (χ2v) is 7.02. The number of rotatable bonds is 1. The van der Waals surface area contributed by atoms with E-state index in [-0.39, 0.29) is 6.03 Å². The zero-order valence-corrected chi connectivity index (χ0v) is 15.2. The minimum absolute atomic E-state index is 0.271. The molecule has 0 fully saturated rings. The van der Waals surface area contributed by atoms with Crippen LogP contribution in [0.1, 0.15) is 17.4 Å². The van der Waals surface area contributed by atoms with Crippen molar-refractivity contribution in [3.63, 3.8) is 0 Å². The summed E-state index contributed by atoms with van der Waals surface area (Å²) < 4.78 is 1.60. The Balaban J connectivity index is 2.15. The van der Waals surface area contributed by atoms with Gasteiger partial charge in [-0.2, -0.15) is 0 Å². The lowest BCUT2D eigenvalue weighted by Gasteiger charge is -2.39. The largest absolute Gasteiger partial charge is 0.369 e. The molecule has 2 aromatic rings. The van der Waals surface area contributed by atoms with Gasteiger partial charge in [0.05, 0.1) is 5.69 Å². The van der Waals surface area contributed by atoms with Crippen LogP contribution in [-0.2, 0) is 0 Å². The number of fused-ring (bicyclic) bond motifs is 1. The molecule has 0 aliphatic carbocycles. The van der Waals surface area contributed by atoms with Gasteiger partial charge in [-0.1, -0.05) is 33.6 Å². The van der Waals surface area contributed by atoms with Gasteiger partial charge in [-0.3, -0.25) is 9.80 Å². The number of nitrogens with zero attached hydrogens (tertiary/aromatic N) is 2. The van der Waals surface area contributed by atoms with Crippen LogP contribution in [0.2, 0.25) is 0 Å². The minimum Gasteiger partial charge on any atom is -0.369 e. The molecule has 1 atom stereocenters. The van der Waals surface area contributed by atoms with Gasteiger partial charge in [-0.15, -0.1) is 0 Å². The van der Waals surface area contributed by atoms with Gasteiger partial charge in [0.1, 0.15) is 0 Å². The lowest BCUT2D eigenvalue weighted by Crippen LogP contribution is -2.48. The second kappa shape index (κ2) is 5.68. The van der Waals surface area contributed by atoms with Crippen molar-refractivity contribution in [3.8, 4) is 0 Å². The van der Waals surface area contributed by atoms with Crippen molar-refractivity contribution in [2.75, 3.05) is 16.8 Å². The first-order valence-corrected chi connectivity index (χ1v) is 8.29. The summed E-state index contributed by atoms with van der Waals surface area (Å²) in [5.74, 6) is 0. The van der Waals surface area contributed by atoms with Gasteiger partial charge in [-0.05, 0) is 47.1 Å². The van der Waals surface area contributed by atoms with Gasteiger partial charge in [0.15, 0.2) is 6.23 Å². The number of aliphatic hydroxyl groups excluding tert-OH is 1. The third-order valence-electron chi connectivity index (χ3n) is 3.72. The smallest absolute Gasteiger partial charge is 0.331 e. The summed E-state index contributed by atoms with van der Waals surface area (Å²) in [6, 6.07) is 10.9. The molecule has 0 saturated heterocycles. The molecule has 22 heavy (non-hydrogen) atoms. The minimum atomic E-state index is -1.03. The molecule has 1 heterocycles. The number of amides is 2. The van der Waals surface area contributed by atoms with Gasteiger partial charge < -0.3 is 5.11 Å². The first kappa shape index (κ1) is 15.5. The lowest BCUT2D eigenvalue weighted by atomic mass is 10.1. The van der Waals surface area contributed by atoms with E-state index < -0.39 is 6.23 Å². The van der Waals surface area contributed by atoms with E-state index in [4.69, 9.17) is 0 Å². The monoisotopic (exact) mass is 424 g/mol. The molecule has 0 spiro atoms. The van der Waals surface area contributed by atoms with Crippen molar-refractivity contribution in [3.05, 3.63) is 56.5 Å². The predicted octanol–water partition coefficient (Wildman–Crippen LogP) is 4.59. The van der Waals surface area contributed by atoms with Crippen LogP contribution < -0.4 is 9.80 Å². The fourth-order valence-electron chi connectivity index (χ4n) is 2.59. The number of carbonyl (C=O) groups excluding carboxylic acids is 1. The molecule has 1 aliphatic rings. The summed E-state index contributed by atoms with van der Waals surface area (Å²) in [5, 5.41) is 10.7. The molecular weight excluding hydrogens is 412 g/mol. The normalized spacial score (nSPS) is 17.7. The van der Waals surface area contributed by atoms with Crippen molar-refractivity contribution in [2.45, 2.75) is 13.2 Å². The summed E-state index contributed by atoms with van der Waals surface area (Å²) >= 11 is 6.89. The highest BCUT2D eigenvalue weighted by Gasteiger charge is 2.37. The number of benzene rings is 2. The summed E-state index contributed by atoms with van der Waals surface area (Å²) in [6.45, 7) is 1.98. The number of carbonyl (C=O) groups is 1. The molecule has 3 rings (SSSR count). The maximum absolute atomic E-state index is 12.7. The van der Waals surface area contributed by atoms with Crippen molar-refractivity contribution >= 4 is 49.3 Å². The van der Waals surface area contributed by atoms with Gasteiger partial charge >= 0.3 is 6.03 Å². The molecule has 4 nitrogen and oxygen atoms in total. The van der Waals surface area contributed by atoms with Gasteiger partial charge in [0, 0.05) is 27.2 Å². The zero-order chi connectivity index (χ0) is 16.0. The Morgan fingerprint density at radius 1 is 1.14 bits per heavy atom. The summed E-state index contributed by atoms with van der Waals surface area (Å²) in [4.78, 5) is 15.6. The van der Waals surface area contributed by atoms with E-state index in [2.05, 4.69) is 31.9 Å². The highest BCUT2D eigenvalue weighted by Crippen LogP contribution is 2.43. The maximum Gasteiger partial charge on any atom is 0.331 e. The van der Waals surface area contributed by atoms with Crippen LogP contribution in [0.3, 0.4) is 0 Å². The molecule has 1 N–H and O–H groups in total. The molecule has 1 unspecified atom stereocenters. The van der Waals surface area contributed by atoms with E-state index in [1.54, 1.807) is 11.9 Å². The molecule has 1 aliphatic heterocycles. The fraction of sp³-hybridized carbons (Fsp3) is 0.188. The van der Waals surface area contributed by atoms with E-state index in [0.29, 0.717) is 16.9 Å². The number of hydrogen-bond donors (Lipinski definition) is 1. The summed E-state index contributed by atoms with van der Waals surface area (Å²) in [7, 11) is 1.70. The predicted molar refractivity (Wildman–Crippen MR) is 94.3 cm³/mol. The molecular formula is C16H14Br2N2O2. The third-order valence-corrected chi connectivity index (χ3v) is 4.78. The van der Waals surface area contributed by atoms with E-state index in [1.807, 2.05) is 43.3 Å². The Hall–Kier alpha value is -1.37. The molecule has 6 heteroatoms. The van der Waals surface area contributed by atoms with Crippen molar-refractivity contribution in [1.29, 1.82) is 0 Å². The van der Waals surface area contributed by atoms with E-state index in [9.17, 15) is 9.90 Å². The molecule has 0 saturated carbocycles. The van der Waals surface area contributed by atoms with Crippen molar-refractivity contribution < 1.29 is 9.90 Å². The fourth-order valence-corrected chi connectivity index (χ4v) is 4.12. The van der Waals surface area contributed by atoms with E-state index in [0.717, 1.165) is 14.5 Å². The molecule has 2 aromatic carbocycles. The van der Waals surface area contributed by atoms with Gasteiger partial charge in [0.2, 0.25) is 0 Å². The van der Waals surface area contributed by atoms with E-state index in [1.165, 1.54) is 4.90 Å². The number of urea groups is 1. The van der Waals surface area contributed by atoms with Crippen LogP contribution >= 0.6 is 31.9 Å². The molecule has 0 bridgehead atoms. The number of anilines is 2. The van der Waals surface area contributed by atoms with Crippen LogP contribution in [0.5, 0.6) is 0 Å². The van der Waals surface area contributed by atoms with Crippen LogP contribution in [-0.4, -0.2) is 18.2 Å². The topological polar surface area (TPSA) is 43.8 Å². The Morgan fingerprint density at radius 3 is 2.41 bits per heavy atom. The maximum atomic E-state index is 12.7. The Bertz CT molecular complexity index is 747. The molecule has 0 aromatic heterocycles. The molecule has 0 radical (unpaired) electrons. The third kappa shape index (κ3) is 2.45. The Morgan fingerprint density at radius 2 is 1.77 bits per heavy atom. The van der Waals surface area contributed by atoms with Crippen LogP contribution in [0.4, 0.5) is 16.2 Å². The standard InChI is InChI=1S/C16H14Br2N2O2/c1-9-3-5-11(6-4-9)20-15(21)12-7-10(17)8-13(18)14(12)19(2)16(20)22/h3-8,15,21H,1-2H3. The summed E-state index contributed by atoms with van der Waals surface area (Å²) in [6.07, 6.45) is -1.03.